The van der Waals surface area contributed by atoms with E-state index < -0.39 is 12.0 Å². The summed E-state index contributed by atoms with van der Waals surface area (Å²) >= 11 is 2.90. The molecule has 0 aliphatic carbocycles. The van der Waals surface area contributed by atoms with Crippen LogP contribution in [0.5, 0.6) is 5.75 Å². The zero-order valence-corrected chi connectivity index (χ0v) is 26.8. The fourth-order valence-corrected chi connectivity index (χ4v) is 6.68. The molecule has 6 rings (SSSR count). The summed E-state index contributed by atoms with van der Waals surface area (Å²) < 4.78 is 13.6. The molecule has 1 aromatic heterocycles. The van der Waals surface area contributed by atoms with E-state index >= 15 is 0 Å². The van der Waals surface area contributed by atoms with Crippen LogP contribution in [0.3, 0.4) is 0 Å². The molecule has 0 saturated heterocycles. The maximum absolute atomic E-state index is 14.1. The number of hydrogen-bond acceptors (Lipinski definition) is 8. The molecule has 0 N–H and O–H groups in total. The molecule has 0 fully saturated rings. The number of ether oxygens (including phenoxy) is 2. The average molecular weight is 644 g/mol. The minimum atomic E-state index is -0.726. The predicted molar refractivity (Wildman–Crippen MR) is 181 cm³/mol. The minimum Gasteiger partial charge on any atom is -0.489 e. The number of nitriles is 1. The summed E-state index contributed by atoms with van der Waals surface area (Å²) in [5.41, 5.74) is 4.32. The Bertz CT molecular complexity index is 2140. The van der Waals surface area contributed by atoms with Gasteiger partial charge in [-0.1, -0.05) is 84.1 Å². The first-order valence-corrected chi connectivity index (χ1v) is 16.7. The summed E-state index contributed by atoms with van der Waals surface area (Å²) in [6.45, 7) is 2.23. The van der Waals surface area contributed by atoms with Gasteiger partial charge in [0, 0.05) is 16.0 Å². The lowest BCUT2D eigenvalue weighted by Crippen LogP contribution is -2.40. The first-order chi connectivity index (χ1) is 22.5. The van der Waals surface area contributed by atoms with E-state index in [-0.39, 0.29) is 18.8 Å². The zero-order valence-electron chi connectivity index (χ0n) is 25.2. The van der Waals surface area contributed by atoms with Gasteiger partial charge in [0.25, 0.3) is 5.56 Å². The Morgan fingerprint density at radius 3 is 2.41 bits per heavy atom. The van der Waals surface area contributed by atoms with Crippen molar-refractivity contribution in [2.24, 2.45) is 4.99 Å². The van der Waals surface area contributed by atoms with Crippen LogP contribution in [0.2, 0.25) is 0 Å². The number of thiazole rings is 1. The highest BCUT2D eigenvalue weighted by Gasteiger charge is 2.35. The predicted octanol–water partition coefficient (Wildman–Crippen LogP) is 6.11. The number of aromatic nitrogens is 1. The number of fused-ring (bicyclic) bond motifs is 1. The smallest absolute Gasteiger partial charge is 0.338 e. The molecule has 0 amide bonds. The van der Waals surface area contributed by atoms with E-state index in [1.54, 1.807) is 29.3 Å². The summed E-state index contributed by atoms with van der Waals surface area (Å²) in [5, 5.41) is 9.35. The van der Waals surface area contributed by atoms with Crippen molar-refractivity contribution >= 4 is 40.8 Å². The van der Waals surface area contributed by atoms with Gasteiger partial charge in [0.15, 0.2) is 4.80 Å². The van der Waals surface area contributed by atoms with Gasteiger partial charge in [0.2, 0.25) is 0 Å². The van der Waals surface area contributed by atoms with E-state index in [1.807, 2.05) is 109 Å². The highest BCUT2D eigenvalue weighted by atomic mass is 32.2. The number of esters is 1. The Balaban J connectivity index is 1.43. The Morgan fingerprint density at radius 1 is 1.00 bits per heavy atom. The average Bonchev–Trinajstić information content (AvgIpc) is 3.41. The molecule has 1 aliphatic heterocycles. The molecule has 4 aromatic carbocycles. The molecule has 0 unspecified atom stereocenters. The van der Waals surface area contributed by atoms with Gasteiger partial charge in [-0.25, -0.2) is 9.79 Å². The number of nitrogens with zero attached hydrogens (tertiary/aromatic N) is 3. The zero-order chi connectivity index (χ0) is 32.0. The van der Waals surface area contributed by atoms with Crippen LogP contribution in [0.1, 0.15) is 40.8 Å². The summed E-state index contributed by atoms with van der Waals surface area (Å²) in [5.74, 6) is 0.137. The third-order valence-corrected chi connectivity index (χ3v) is 9.24. The molecule has 228 valence electrons. The van der Waals surface area contributed by atoms with E-state index in [2.05, 4.69) is 6.07 Å². The largest absolute Gasteiger partial charge is 0.489 e. The third-order valence-electron chi connectivity index (χ3n) is 7.52. The number of hydrogen-bond donors (Lipinski definition) is 0. The number of carbonyl (C=O) groups is 1. The first-order valence-electron chi connectivity index (χ1n) is 14.6. The Hall–Kier alpha value is -5.17. The van der Waals surface area contributed by atoms with E-state index in [0.29, 0.717) is 31.9 Å². The maximum atomic E-state index is 14.1. The number of rotatable bonds is 9. The Kier molecular flexibility index (Phi) is 9.29. The van der Waals surface area contributed by atoms with Crippen molar-refractivity contribution < 1.29 is 14.3 Å². The summed E-state index contributed by atoms with van der Waals surface area (Å²) in [6, 6.07) is 33.6. The second-order valence-corrected chi connectivity index (χ2v) is 12.2. The Labute approximate surface area is 274 Å². The highest BCUT2D eigenvalue weighted by molar-refractivity contribution is 7.98. The lowest BCUT2D eigenvalue weighted by Gasteiger charge is -2.26. The fourth-order valence-electron chi connectivity index (χ4n) is 5.27. The molecule has 1 aliphatic rings. The van der Waals surface area contributed by atoms with Crippen molar-refractivity contribution in [3.63, 3.8) is 0 Å². The SMILES string of the molecule is CCOC(=O)C1=C(c2ccccc2)N=c2s/c(=C\c3ccc(OCc4ccccc4C#N)cc3)c(=O)n2[C@H]1c1ccc(SC)cc1. The van der Waals surface area contributed by atoms with Crippen molar-refractivity contribution in [3.8, 4) is 11.8 Å². The molecule has 46 heavy (non-hydrogen) atoms. The van der Waals surface area contributed by atoms with Crippen LogP contribution >= 0.6 is 23.1 Å². The fraction of sp³-hybridized carbons (Fsp3) is 0.135. The van der Waals surface area contributed by atoms with Crippen LogP contribution in [0.15, 0.2) is 123 Å². The van der Waals surface area contributed by atoms with Gasteiger partial charge in [-0.2, -0.15) is 5.26 Å². The van der Waals surface area contributed by atoms with Crippen LogP contribution in [0.25, 0.3) is 11.8 Å². The third kappa shape index (κ3) is 6.31. The van der Waals surface area contributed by atoms with Gasteiger partial charge in [-0.05, 0) is 60.7 Å². The first kappa shape index (κ1) is 30.8. The molecule has 2 heterocycles. The van der Waals surface area contributed by atoms with E-state index in [9.17, 15) is 14.9 Å². The van der Waals surface area contributed by atoms with Gasteiger partial charge >= 0.3 is 5.97 Å². The molecule has 0 spiro atoms. The molecular formula is C37H29N3O4S2. The van der Waals surface area contributed by atoms with Crippen molar-refractivity contribution in [1.82, 2.24) is 4.57 Å². The van der Waals surface area contributed by atoms with Gasteiger partial charge < -0.3 is 9.47 Å². The van der Waals surface area contributed by atoms with Crippen LogP contribution in [0.4, 0.5) is 0 Å². The lowest BCUT2D eigenvalue weighted by atomic mass is 9.93. The van der Waals surface area contributed by atoms with Crippen LogP contribution in [0, 0.1) is 11.3 Å². The van der Waals surface area contributed by atoms with Gasteiger partial charge in [0.05, 0.1) is 40.1 Å². The molecule has 5 aromatic rings. The van der Waals surface area contributed by atoms with Crippen LogP contribution in [-0.2, 0) is 16.1 Å². The number of benzene rings is 4. The standard InChI is InChI=1S/C37H29N3O4S2/c1-3-43-36(42)32-33(25-9-5-4-6-10-25)39-37-40(34(32)26-15-19-30(45-2)20-16-26)35(41)31(46-37)21-24-13-17-29(18-14-24)44-23-28-12-8-7-11-27(28)22-38/h4-21,34H,3,23H2,1-2H3/b31-21-/t34-/m0/s1. The topological polar surface area (TPSA) is 93.7 Å². The van der Waals surface area contributed by atoms with Crippen molar-refractivity contribution in [2.75, 3.05) is 12.9 Å². The summed E-state index contributed by atoms with van der Waals surface area (Å²) in [7, 11) is 0. The molecule has 7 nitrogen and oxygen atoms in total. The van der Waals surface area contributed by atoms with Crippen LogP contribution in [-0.4, -0.2) is 23.4 Å². The molecule has 9 heteroatoms. The molecular weight excluding hydrogens is 615 g/mol. The molecule has 0 saturated carbocycles. The van der Waals surface area contributed by atoms with Gasteiger partial charge in [0.1, 0.15) is 12.4 Å². The normalized spacial score (nSPS) is 14.3. The lowest BCUT2D eigenvalue weighted by molar-refractivity contribution is -0.138. The van der Waals surface area contributed by atoms with Crippen molar-refractivity contribution in [2.45, 2.75) is 24.5 Å². The Morgan fingerprint density at radius 2 is 1.72 bits per heavy atom. The summed E-state index contributed by atoms with van der Waals surface area (Å²) in [4.78, 5) is 34.2. The number of carbonyl (C=O) groups excluding carboxylic acids is 1. The quantitative estimate of drug-likeness (QED) is 0.142. The monoisotopic (exact) mass is 643 g/mol. The van der Waals surface area contributed by atoms with E-state index in [1.165, 1.54) is 11.3 Å². The molecule has 1 atom stereocenters. The highest BCUT2D eigenvalue weighted by Crippen LogP contribution is 2.35. The van der Waals surface area contributed by atoms with Crippen LogP contribution < -0.4 is 19.6 Å². The van der Waals surface area contributed by atoms with E-state index in [0.717, 1.165) is 27.1 Å². The maximum Gasteiger partial charge on any atom is 0.338 e. The second-order valence-electron chi connectivity index (χ2n) is 10.3. The molecule has 0 radical (unpaired) electrons. The van der Waals surface area contributed by atoms with Gasteiger partial charge in [-0.3, -0.25) is 9.36 Å². The minimum absolute atomic E-state index is 0.192. The molecule has 0 bridgehead atoms. The summed E-state index contributed by atoms with van der Waals surface area (Å²) in [6.07, 6.45) is 3.82. The van der Waals surface area contributed by atoms with Crippen molar-refractivity contribution in [3.05, 3.63) is 156 Å². The number of thioether (sulfide) groups is 1. The van der Waals surface area contributed by atoms with Gasteiger partial charge in [-0.15, -0.1) is 11.8 Å². The second kappa shape index (κ2) is 13.9. The van der Waals surface area contributed by atoms with Crippen molar-refractivity contribution in [1.29, 1.82) is 5.26 Å². The van der Waals surface area contributed by atoms with E-state index in [4.69, 9.17) is 14.5 Å².